The van der Waals surface area contributed by atoms with Crippen LogP contribution in [0.1, 0.15) is 56.8 Å². The second-order valence-electron chi connectivity index (χ2n) is 9.57. The van der Waals surface area contributed by atoms with Gasteiger partial charge in [0.1, 0.15) is 0 Å². The molecule has 3 aliphatic rings. The van der Waals surface area contributed by atoms with Crippen LogP contribution in [0.5, 0.6) is 0 Å². The van der Waals surface area contributed by atoms with Crippen LogP contribution < -0.4 is 0 Å². The quantitative estimate of drug-likeness (QED) is 0.812. The fourth-order valence-electron chi connectivity index (χ4n) is 5.49. The normalized spacial score (nSPS) is 38.2. The van der Waals surface area contributed by atoms with Gasteiger partial charge in [0.05, 0.1) is 23.4 Å². The Balaban J connectivity index is 1.47. The van der Waals surface area contributed by atoms with Crippen LogP contribution in [0.4, 0.5) is 0 Å². The summed E-state index contributed by atoms with van der Waals surface area (Å²) in [7, 11) is 0. The molecule has 5 atom stereocenters. The number of rotatable bonds is 2. The minimum atomic E-state index is -1.12. The number of pyridine rings is 1. The number of nitrogens with zero attached hydrogens (tertiary/aromatic N) is 2. The van der Waals surface area contributed by atoms with E-state index in [1.807, 2.05) is 4.90 Å². The summed E-state index contributed by atoms with van der Waals surface area (Å²) in [6, 6.07) is 3.50. The number of carbonyl (C=O) groups excluding carboxylic acids is 1. The van der Waals surface area contributed by atoms with Crippen molar-refractivity contribution in [3.05, 3.63) is 30.1 Å². The molecule has 1 saturated carbocycles. The maximum absolute atomic E-state index is 12.7. The number of amides is 1. The van der Waals surface area contributed by atoms with Crippen molar-refractivity contribution in [2.24, 2.45) is 17.8 Å². The van der Waals surface area contributed by atoms with Gasteiger partial charge in [-0.25, -0.2) is 0 Å². The Morgan fingerprint density at radius 3 is 2.46 bits per heavy atom. The van der Waals surface area contributed by atoms with Gasteiger partial charge in [-0.05, 0) is 70.4 Å². The van der Waals surface area contributed by atoms with E-state index in [-0.39, 0.29) is 35.4 Å². The number of fused-ring (bicyclic) bond motifs is 2. The van der Waals surface area contributed by atoms with Gasteiger partial charge < -0.3 is 19.8 Å². The molecule has 2 saturated heterocycles. The lowest BCUT2D eigenvalue weighted by Crippen LogP contribution is -2.65. The molecule has 3 fully saturated rings. The van der Waals surface area contributed by atoms with Crippen molar-refractivity contribution in [3.8, 4) is 0 Å². The molecule has 6 nitrogen and oxygen atoms in total. The molecule has 154 valence electrons. The van der Waals surface area contributed by atoms with Gasteiger partial charge in [0.25, 0.3) is 5.91 Å². The first-order chi connectivity index (χ1) is 13.2. The minimum Gasteiger partial charge on any atom is -0.390 e. The number of aliphatic hydroxyl groups is 2. The SMILES string of the molecule is CC1(C)O[C@@H](C2CCN(C(=O)c3ccncc3)CC2)[C@H]2C[C@H]1C[C@H](O)[C@@]2(C)O. The average molecular weight is 389 g/mol. The topological polar surface area (TPSA) is 82.9 Å². The number of ether oxygens (including phenoxy) is 1. The fraction of sp³-hybridized carbons (Fsp3) is 0.727. The molecule has 28 heavy (non-hydrogen) atoms. The lowest BCUT2D eigenvalue weighted by molar-refractivity contribution is -0.271. The molecule has 2 bridgehead atoms. The zero-order valence-corrected chi connectivity index (χ0v) is 17.0. The van der Waals surface area contributed by atoms with Crippen LogP contribution in [0.3, 0.4) is 0 Å². The molecule has 1 aromatic heterocycles. The van der Waals surface area contributed by atoms with Crippen LogP contribution in [-0.4, -0.2) is 62.5 Å². The van der Waals surface area contributed by atoms with Crippen molar-refractivity contribution in [3.63, 3.8) is 0 Å². The van der Waals surface area contributed by atoms with Crippen molar-refractivity contribution in [2.75, 3.05) is 13.1 Å². The molecule has 0 unspecified atom stereocenters. The molecule has 2 aliphatic heterocycles. The Bertz CT molecular complexity index is 713. The van der Waals surface area contributed by atoms with Crippen molar-refractivity contribution < 1.29 is 19.7 Å². The lowest BCUT2D eigenvalue weighted by Gasteiger charge is -2.58. The van der Waals surface area contributed by atoms with Gasteiger partial charge in [-0.15, -0.1) is 0 Å². The maximum Gasteiger partial charge on any atom is 0.253 e. The number of hydrogen-bond acceptors (Lipinski definition) is 5. The van der Waals surface area contributed by atoms with Gasteiger partial charge >= 0.3 is 0 Å². The zero-order valence-electron chi connectivity index (χ0n) is 17.0. The third-order valence-corrected chi connectivity index (χ3v) is 7.51. The Morgan fingerprint density at radius 2 is 1.82 bits per heavy atom. The van der Waals surface area contributed by atoms with Gasteiger partial charge in [0.15, 0.2) is 0 Å². The van der Waals surface area contributed by atoms with Crippen LogP contribution in [0.15, 0.2) is 24.5 Å². The predicted octanol–water partition coefficient (Wildman–Crippen LogP) is 2.25. The highest BCUT2D eigenvalue weighted by molar-refractivity contribution is 5.94. The van der Waals surface area contributed by atoms with E-state index in [0.717, 1.165) is 19.3 Å². The summed E-state index contributed by atoms with van der Waals surface area (Å²) >= 11 is 0. The van der Waals surface area contributed by atoms with E-state index in [1.165, 1.54) is 0 Å². The molecule has 1 aliphatic carbocycles. The largest absolute Gasteiger partial charge is 0.390 e. The van der Waals surface area contributed by atoms with Crippen molar-refractivity contribution >= 4 is 5.91 Å². The van der Waals surface area contributed by atoms with Crippen molar-refractivity contribution in [2.45, 2.75) is 69.9 Å². The molecule has 3 heterocycles. The van der Waals surface area contributed by atoms with Gasteiger partial charge in [-0.1, -0.05) is 0 Å². The maximum atomic E-state index is 12.7. The van der Waals surface area contributed by atoms with Gasteiger partial charge in [0, 0.05) is 37.0 Å². The van der Waals surface area contributed by atoms with Crippen LogP contribution in [0, 0.1) is 17.8 Å². The highest BCUT2D eigenvalue weighted by Gasteiger charge is 2.57. The molecular weight excluding hydrogens is 356 g/mol. The van der Waals surface area contributed by atoms with E-state index >= 15 is 0 Å². The zero-order chi connectivity index (χ0) is 20.1. The Kier molecular flexibility index (Phi) is 5.01. The van der Waals surface area contributed by atoms with Crippen molar-refractivity contribution in [1.82, 2.24) is 9.88 Å². The summed E-state index contributed by atoms with van der Waals surface area (Å²) in [5.74, 6) is 0.522. The Morgan fingerprint density at radius 1 is 1.18 bits per heavy atom. The molecule has 4 rings (SSSR count). The predicted molar refractivity (Wildman–Crippen MR) is 105 cm³/mol. The molecule has 0 aromatic carbocycles. The summed E-state index contributed by atoms with van der Waals surface area (Å²) in [4.78, 5) is 18.6. The first-order valence-electron chi connectivity index (χ1n) is 10.5. The lowest BCUT2D eigenvalue weighted by atomic mass is 9.60. The third kappa shape index (κ3) is 3.36. The number of carbonyl (C=O) groups is 1. The molecule has 1 aromatic rings. The van der Waals surface area contributed by atoms with Crippen LogP contribution in [-0.2, 0) is 4.74 Å². The van der Waals surface area contributed by atoms with E-state index < -0.39 is 11.7 Å². The Labute approximate surface area is 166 Å². The molecule has 0 radical (unpaired) electrons. The second kappa shape index (κ2) is 7.08. The van der Waals surface area contributed by atoms with Crippen LogP contribution in [0.2, 0.25) is 0 Å². The fourth-order valence-corrected chi connectivity index (χ4v) is 5.49. The van der Waals surface area contributed by atoms with E-state index in [2.05, 4.69) is 18.8 Å². The standard InChI is InChI=1S/C22H32N2O4/c1-21(2)16-12-17(22(3,27)18(25)13-16)19(28-21)14-6-10-24(11-7-14)20(26)15-4-8-23-9-5-15/h4-5,8-9,14,16-19,25,27H,6-7,10-13H2,1-3H3/t16-,17+,18-,19-,22-/m0/s1. The number of piperidine rings is 1. The average Bonchev–Trinajstić information content (AvgIpc) is 2.68. The number of hydrogen-bond donors (Lipinski definition) is 2. The summed E-state index contributed by atoms with van der Waals surface area (Å²) in [5.41, 5.74) is -0.755. The minimum absolute atomic E-state index is 0.0471. The van der Waals surface area contributed by atoms with E-state index in [9.17, 15) is 15.0 Å². The van der Waals surface area contributed by atoms with Crippen molar-refractivity contribution in [1.29, 1.82) is 0 Å². The first kappa shape index (κ1) is 19.8. The summed E-state index contributed by atoms with van der Waals surface area (Å²) in [6.45, 7) is 7.35. The summed E-state index contributed by atoms with van der Waals surface area (Å²) < 4.78 is 6.56. The van der Waals surface area contributed by atoms with Gasteiger partial charge in [0.2, 0.25) is 0 Å². The van der Waals surface area contributed by atoms with Gasteiger partial charge in [-0.3, -0.25) is 9.78 Å². The number of likely N-dealkylation sites (tertiary alicyclic amines) is 1. The molecule has 1 amide bonds. The highest BCUT2D eigenvalue weighted by Crippen LogP contribution is 2.52. The summed E-state index contributed by atoms with van der Waals surface area (Å²) in [5, 5.41) is 21.6. The molecular formula is C22H32N2O4. The first-order valence-corrected chi connectivity index (χ1v) is 10.5. The molecule has 0 spiro atoms. The highest BCUT2D eigenvalue weighted by atomic mass is 16.5. The molecule has 2 N–H and O–H groups in total. The van der Waals surface area contributed by atoms with E-state index in [1.54, 1.807) is 31.5 Å². The van der Waals surface area contributed by atoms with Crippen LogP contribution >= 0.6 is 0 Å². The second-order valence-corrected chi connectivity index (χ2v) is 9.57. The van der Waals surface area contributed by atoms with E-state index in [0.29, 0.717) is 25.1 Å². The summed E-state index contributed by atoms with van der Waals surface area (Å²) in [6.07, 6.45) is 5.66. The third-order valence-electron chi connectivity index (χ3n) is 7.51. The Hall–Kier alpha value is -1.50. The smallest absolute Gasteiger partial charge is 0.253 e. The van der Waals surface area contributed by atoms with Gasteiger partial charge in [-0.2, -0.15) is 0 Å². The monoisotopic (exact) mass is 388 g/mol. The number of aliphatic hydroxyl groups excluding tert-OH is 1. The van der Waals surface area contributed by atoms with Crippen LogP contribution in [0.25, 0.3) is 0 Å². The van der Waals surface area contributed by atoms with E-state index in [4.69, 9.17) is 4.74 Å². The molecule has 6 heteroatoms. The number of aromatic nitrogens is 1.